The molecule has 0 radical (unpaired) electrons. The third-order valence-corrected chi connectivity index (χ3v) is 3.23. The van der Waals surface area contributed by atoms with Crippen molar-refractivity contribution in [3.63, 3.8) is 0 Å². The van der Waals surface area contributed by atoms with Crippen LogP contribution in [0.5, 0.6) is 5.75 Å². The van der Waals surface area contributed by atoms with Crippen LogP contribution in [-0.4, -0.2) is 26.9 Å². The predicted molar refractivity (Wildman–Crippen MR) is 84.1 cm³/mol. The van der Waals surface area contributed by atoms with Crippen molar-refractivity contribution in [1.82, 2.24) is 5.32 Å². The molecule has 0 bridgehead atoms. The third-order valence-electron chi connectivity index (χ3n) is 3.23. The van der Waals surface area contributed by atoms with Gasteiger partial charge in [0.25, 0.3) is 0 Å². The van der Waals surface area contributed by atoms with E-state index >= 15 is 0 Å². The minimum absolute atomic E-state index is 0.267. The monoisotopic (exact) mass is 290 g/mol. The van der Waals surface area contributed by atoms with Crippen LogP contribution in [0.3, 0.4) is 0 Å². The Morgan fingerprint density at radius 3 is 2.81 bits per heavy atom. The second-order valence-corrected chi connectivity index (χ2v) is 5.76. The maximum atomic E-state index is 8.96. The van der Waals surface area contributed by atoms with E-state index in [4.69, 9.17) is 14.7 Å². The van der Waals surface area contributed by atoms with E-state index in [9.17, 15) is 0 Å². The molecule has 0 aliphatic carbocycles. The summed E-state index contributed by atoms with van der Waals surface area (Å²) in [4.78, 5) is 0. The zero-order valence-corrected chi connectivity index (χ0v) is 13.3. The van der Waals surface area contributed by atoms with Crippen LogP contribution in [0.15, 0.2) is 24.3 Å². The summed E-state index contributed by atoms with van der Waals surface area (Å²) in [7, 11) is 1.70. The summed E-state index contributed by atoms with van der Waals surface area (Å²) in [5.41, 5.74) is 0.928. The van der Waals surface area contributed by atoms with Crippen molar-refractivity contribution in [2.75, 3.05) is 26.9 Å². The zero-order chi connectivity index (χ0) is 15.6. The summed E-state index contributed by atoms with van der Waals surface area (Å²) in [5.74, 6) is 0.885. The molecule has 1 aromatic carbocycles. The van der Waals surface area contributed by atoms with Gasteiger partial charge < -0.3 is 14.8 Å². The highest BCUT2D eigenvalue weighted by Gasteiger charge is 2.15. The van der Waals surface area contributed by atoms with Gasteiger partial charge in [-0.15, -0.1) is 0 Å². The molecular weight excluding hydrogens is 264 g/mol. The molecule has 0 fully saturated rings. The van der Waals surface area contributed by atoms with E-state index < -0.39 is 0 Å². The standard InChI is InChI=1S/C17H26N2O2/c1-17(2,14-18)8-5-10-21-16-7-4-6-15(12-16)13-19-9-11-20-3/h4,6-7,12,19H,5,8-11,13H2,1-3H3. The smallest absolute Gasteiger partial charge is 0.119 e. The average Bonchev–Trinajstić information content (AvgIpc) is 2.49. The largest absolute Gasteiger partial charge is 0.494 e. The molecule has 21 heavy (non-hydrogen) atoms. The van der Waals surface area contributed by atoms with Gasteiger partial charge >= 0.3 is 0 Å². The Hall–Kier alpha value is -1.57. The molecule has 116 valence electrons. The van der Waals surface area contributed by atoms with Crippen LogP contribution < -0.4 is 10.1 Å². The maximum absolute atomic E-state index is 8.96. The van der Waals surface area contributed by atoms with Crippen molar-refractivity contribution in [2.45, 2.75) is 33.2 Å². The highest BCUT2D eigenvalue weighted by atomic mass is 16.5. The summed E-state index contributed by atoms with van der Waals surface area (Å²) in [6, 6.07) is 10.4. The van der Waals surface area contributed by atoms with Gasteiger partial charge in [-0.2, -0.15) is 5.26 Å². The van der Waals surface area contributed by atoms with Crippen molar-refractivity contribution in [3.05, 3.63) is 29.8 Å². The maximum Gasteiger partial charge on any atom is 0.119 e. The number of hydrogen-bond donors (Lipinski definition) is 1. The molecule has 0 aromatic heterocycles. The van der Waals surface area contributed by atoms with Gasteiger partial charge in [-0.1, -0.05) is 12.1 Å². The number of rotatable bonds is 10. The summed E-state index contributed by atoms with van der Waals surface area (Å²) >= 11 is 0. The number of ether oxygens (including phenoxy) is 2. The van der Waals surface area contributed by atoms with E-state index in [2.05, 4.69) is 23.5 Å². The van der Waals surface area contributed by atoms with E-state index in [0.29, 0.717) is 13.2 Å². The Bertz CT molecular complexity index is 452. The van der Waals surface area contributed by atoms with Gasteiger partial charge in [-0.3, -0.25) is 0 Å². The first-order valence-corrected chi connectivity index (χ1v) is 7.40. The molecule has 4 nitrogen and oxygen atoms in total. The summed E-state index contributed by atoms with van der Waals surface area (Å²) in [6.07, 6.45) is 1.73. The normalized spacial score (nSPS) is 11.1. The number of methoxy groups -OCH3 is 1. The molecule has 1 aromatic rings. The lowest BCUT2D eigenvalue weighted by molar-refractivity contribution is 0.199. The lowest BCUT2D eigenvalue weighted by atomic mass is 9.90. The molecule has 0 spiro atoms. The van der Waals surface area contributed by atoms with Crippen LogP contribution >= 0.6 is 0 Å². The second kappa shape index (κ2) is 9.38. The quantitative estimate of drug-likeness (QED) is 0.673. The van der Waals surface area contributed by atoms with Crippen LogP contribution in [0.2, 0.25) is 0 Å². The van der Waals surface area contributed by atoms with Gasteiger partial charge in [-0.25, -0.2) is 0 Å². The van der Waals surface area contributed by atoms with Crippen LogP contribution in [-0.2, 0) is 11.3 Å². The zero-order valence-electron chi connectivity index (χ0n) is 13.3. The molecule has 4 heteroatoms. The van der Waals surface area contributed by atoms with Gasteiger partial charge in [0.1, 0.15) is 5.75 Å². The van der Waals surface area contributed by atoms with Gasteiger partial charge in [0.15, 0.2) is 0 Å². The minimum Gasteiger partial charge on any atom is -0.494 e. The van der Waals surface area contributed by atoms with Gasteiger partial charge in [-0.05, 0) is 44.4 Å². The molecule has 0 atom stereocenters. The molecule has 0 amide bonds. The Morgan fingerprint density at radius 2 is 2.10 bits per heavy atom. The first-order chi connectivity index (χ1) is 10.1. The van der Waals surface area contributed by atoms with Gasteiger partial charge in [0.05, 0.1) is 24.7 Å². The van der Waals surface area contributed by atoms with Crippen molar-refractivity contribution < 1.29 is 9.47 Å². The van der Waals surface area contributed by atoms with Gasteiger partial charge in [0, 0.05) is 20.2 Å². The van der Waals surface area contributed by atoms with Crippen molar-refractivity contribution in [2.24, 2.45) is 5.41 Å². The van der Waals surface area contributed by atoms with Crippen molar-refractivity contribution in [3.8, 4) is 11.8 Å². The Kier molecular flexibility index (Phi) is 7.81. The van der Waals surface area contributed by atoms with Gasteiger partial charge in [0.2, 0.25) is 0 Å². The van der Waals surface area contributed by atoms with E-state index in [-0.39, 0.29) is 5.41 Å². The molecular formula is C17H26N2O2. The Morgan fingerprint density at radius 1 is 1.29 bits per heavy atom. The van der Waals surface area contributed by atoms with E-state index in [1.807, 2.05) is 26.0 Å². The fourth-order valence-electron chi connectivity index (χ4n) is 1.91. The first kappa shape index (κ1) is 17.5. The Labute approximate surface area is 128 Å². The van der Waals surface area contributed by atoms with E-state index in [0.717, 1.165) is 31.7 Å². The second-order valence-electron chi connectivity index (χ2n) is 5.76. The molecule has 0 aliphatic rings. The molecule has 0 unspecified atom stereocenters. The van der Waals surface area contributed by atoms with Crippen LogP contribution in [0, 0.1) is 16.7 Å². The van der Waals surface area contributed by atoms with Crippen LogP contribution in [0.25, 0.3) is 0 Å². The van der Waals surface area contributed by atoms with E-state index in [1.54, 1.807) is 7.11 Å². The number of hydrogen-bond acceptors (Lipinski definition) is 4. The molecule has 1 N–H and O–H groups in total. The summed E-state index contributed by atoms with van der Waals surface area (Å²) < 4.78 is 10.7. The lowest BCUT2D eigenvalue weighted by Crippen LogP contribution is -2.18. The summed E-state index contributed by atoms with van der Waals surface area (Å²) in [5, 5.41) is 12.3. The molecule has 0 aliphatic heterocycles. The molecule has 0 saturated carbocycles. The average molecular weight is 290 g/mol. The van der Waals surface area contributed by atoms with Crippen molar-refractivity contribution in [1.29, 1.82) is 5.26 Å². The third kappa shape index (κ3) is 7.69. The number of nitriles is 1. The number of nitrogens with one attached hydrogen (secondary N) is 1. The fourth-order valence-corrected chi connectivity index (χ4v) is 1.91. The molecule has 0 heterocycles. The summed E-state index contributed by atoms with van der Waals surface area (Å²) in [6.45, 7) is 6.92. The molecule has 0 saturated heterocycles. The number of benzene rings is 1. The van der Waals surface area contributed by atoms with E-state index in [1.165, 1.54) is 5.56 Å². The van der Waals surface area contributed by atoms with Crippen LogP contribution in [0.4, 0.5) is 0 Å². The highest BCUT2D eigenvalue weighted by molar-refractivity contribution is 5.28. The Balaban J connectivity index is 2.31. The fraction of sp³-hybridized carbons (Fsp3) is 0.588. The van der Waals surface area contributed by atoms with Crippen molar-refractivity contribution >= 4 is 0 Å². The number of nitrogens with zero attached hydrogens (tertiary/aromatic N) is 1. The first-order valence-electron chi connectivity index (χ1n) is 7.40. The topological polar surface area (TPSA) is 54.3 Å². The minimum atomic E-state index is -0.267. The van der Waals surface area contributed by atoms with Crippen LogP contribution in [0.1, 0.15) is 32.3 Å². The SMILES string of the molecule is COCCNCc1cccc(OCCCC(C)(C)C#N)c1. The molecule has 1 rings (SSSR count). The highest BCUT2D eigenvalue weighted by Crippen LogP contribution is 2.21. The lowest BCUT2D eigenvalue weighted by Gasteiger charge is -2.15. The predicted octanol–water partition coefficient (Wildman–Crippen LogP) is 3.13.